The molecule has 0 aliphatic rings. The first-order valence-electron chi connectivity index (χ1n) is 15.8. The van der Waals surface area contributed by atoms with E-state index in [1.54, 1.807) is 57.0 Å². The Balaban J connectivity index is 2.09. The molecule has 3 rings (SSSR count). The van der Waals surface area contributed by atoms with Gasteiger partial charge in [0.15, 0.2) is 0 Å². The zero-order valence-corrected chi connectivity index (χ0v) is 27.8. The number of hydrogen-bond donors (Lipinski definition) is 2. The Morgan fingerprint density at radius 3 is 2.20 bits per heavy atom. The Bertz CT molecular complexity index is 1400. The number of alkyl carbamates (subject to hydrolysis) is 1. The fourth-order valence-corrected chi connectivity index (χ4v) is 5.17. The molecule has 0 radical (unpaired) electrons. The molecule has 0 bridgehead atoms. The first-order chi connectivity index (χ1) is 21.4. The van der Waals surface area contributed by atoms with Crippen LogP contribution in [0.2, 0.25) is 0 Å². The van der Waals surface area contributed by atoms with E-state index in [1.165, 1.54) is 0 Å². The van der Waals surface area contributed by atoms with Gasteiger partial charge in [0.1, 0.15) is 23.4 Å². The van der Waals surface area contributed by atoms with Gasteiger partial charge in [-0.1, -0.05) is 80.3 Å². The number of aryl methyl sites for hydroxylation is 2. The predicted molar refractivity (Wildman–Crippen MR) is 179 cm³/mol. The molecule has 0 aliphatic carbocycles. The van der Waals surface area contributed by atoms with Gasteiger partial charge >= 0.3 is 6.09 Å². The van der Waals surface area contributed by atoms with Crippen molar-refractivity contribution in [2.45, 2.75) is 91.3 Å². The van der Waals surface area contributed by atoms with Crippen molar-refractivity contribution >= 4 is 23.6 Å². The summed E-state index contributed by atoms with van der Waals surface area (Å²) >= 11 is 0. The second kappa shape index (κ2) is 16.7. The SMILES string of the molecule is CCCCCCN(C(=O)C(Cc1ccccc1)NC(=O)OC(C)(C)C)C(C(=O)Nc1ccc(OC)cc1)c1cc(C)ccc1C. The van der Waals surface area contributed by atoms with Crippen LogP contribution in [-0.2, 0) is 20.7 Å². The summed E-state index contributed by atoms with van der Waals surface area (Å²) in [4.78, 5) is 43.7. The summed E-state index contributed by atoms with van der Waals surface area (Å²) in [5.74, 6) is -0.0192. The van der Waals surface area contributed by atoms with Crippen LogP contribution in [0.5, 0.6) is 5.75 Å². The summed E-state index contributed by atoms with van der Waals surface area (Å²) in [7, 11) is 1.59. The van der Waals surface area contributed by atoms with Crippen LogP contribution in [0.15, 0.2) is 72.8 Å². The number of benzene rings is 3. The fraction of sp³-hybridized carbons (Fsp3) is 0.432. The Kier molecular flexibility index (Phi) is 13.0. The van der Waals surface area contributed by atoms with Crippen LogP contribution in [0.4, 0.5) is 10.5 Å². The Hall–Kier alpha value is -4.33. The van der Waals surface area contributed by atoms with E-state index in [0.29, 0.717) is 24.4 Å². The number of unbranched alkanes of at least 4 members (excludes halogenated alkanes) is 3. The van der Waals surface area contributed by atoms with Gasteiger partial charge in [-0.3, -0.25) is 9.59 Å². The molecule has 0 saturated carbocycles. The van der Waals surface area contributed by atoms with Crippen LogP contribution in [0, 0.1) is 13.8 Å². The molecule has 0 fully saturated rings. The number of hydrogen-bond acceptors (Lipinski definition) is 5. The highest BCUT2D eigenvalue weighted by atomic mass is 16.6. The van der Waals surface area contributed by atoms with Crippen LogP contribution in [-0.4, -0.2) is 48.1 Å². The number of anilines is 1. The zero-order chi connectivity index (χ0) is 33.0. The second-order valence-electron chi connectivity index (χ2n) is 12.5. The third-order valence-electron chi connectivity index (χ3n) is 7.45. The molecule has 0 spiro atoms. The fourth-order valence-electron chi connectivity index (χ4n) is 5.17. The van der Waals surface area contributed by atoms with Gasteiger partial charge in [0.05, 0.1) is 7.11 Å². The average molecular weight is 616 g/mol. The van der Waals surface area contributed by atoms with Gasteiger partial charge in [0, 0.05) is 18.7 Å². The second-order valence-corrected chi connectivity index (χ2v) is 12.5. The number of ether oxygens (including phenoxy) is 2. The van der Waals surface area contributed by atoms with Crippen molar-refractivity contribution in [3.63, 3.8) is 0 Å². The van der Waals surface area contributed by atoms with E-state index in [4.69, 9.17) is 9.47 Å². The first kappa shape index (κ1) is 35.2. The number of carbonyl (C=O) groups excluding carboxylic acids is 3. The van der Waals surface area contributed by atoms with Crippen LogP contribution >= 0.6 is 0 Å². The topological polar surface area (TPSA) is 97.0 Å². The lowest BCUT2D eigenvalue weighted by atomic mass is 9.95. The number of nitrogens with zero attached hydrogens (tertiary/aromatic N) is 1. The average Bonchev–Trinajstić information content (AvgIpc) is 2.99. The quantitative estimate of drug-likeness (QED) is 0.183. The molecule has 0 aromatic heterocycles. The molecule has 0 heterocycles. The maximum atomic E-state index is 14.7. The van der Waals surface area contributed by atoms with E-state index in [2.05, 4.69) is 17.6 Å². The molecule has 3 aromatic carbocycles. The summed E-state index contributed by atoms with van der Waals surface area (Å²) in [6.07, 6.45) is 3.21. The molecule has 8 nitrogen and oxygen atoms in total. The molecule has 8 heteroatoms. The van der Waals surface area contributed by atoms with Crippen LogP contribution in [0.25, 0.3) is 0 Å². The minimum absolute atomic E-state index is 0.240. The maximum absolute atomic E-state index is 14.7. The lowest BCUT2D eigenvalue weighted by Crippen LogP contribution is -2.53. The summed E-state index contributed by atoms with van der Waals surface area (Å²) < 4.78 is 10.8. The standard InChI is InChI=1S/C37H49N3O5/c1-8-9-10-14-23-40(35(42)32(25-28-15-12-11-13-16-28)39-36(43)45-37(4,5)6)33(31-24-26(2)17-18-27(31)3)34(41)38-29-19-21-30(44-7)22-20-29/h11-13,15-22,24,32-33H,8-10,14,23,25H2,1-7H3,(H,38,41)(H,39,43). The van der Waals surface area contributed by atoms with Gasteiger partial charge in [-0.2, -0.15) is 0 Å². The van der Waals surface area contributed by atoms with Crippen molar-refractivity contribution in [1.29, 1.82) is 0 Å². The molecule has 2 atom stereocenters. The van der Waals surface area contributed by atoms with Crippen LogP contribution < -0.4 is 15.4 Å². The molecular weight excluding hydrogens is 566 g/mol. The third-order valence-corrected chi connectivity index (χ3v) is 7.45. The number of nitrogens with one attached hydrogen (secondary N) is 2. The van der Waals surface area contributed by atoms with E-state index in [-0.39, 0.29) is 18.2 Å². The lowest BCUT2D eigenvalue weighted by molar-refractivity contribution is -0.140. The van der Waals surface area contributed by atoms with Crippen molar-refractivity contribution in [3.05, 3.63) is 95.1 Å². The minimum atomic E-state index is -0.963. The highest BCUT2D eigenvalue weighted by Gasteiger charge is 2.37. The lowest BCUT2D eigenvalue weighted by Gasteiger charge is -2.35. The van der Waals surface area contributed by atoms with Crippen molar-refractivity contribution in [1.82, 2.24) is 10.2 Å². The Morgan fingerprint density at radius 1 is 0.889 bits per heavy atom. The number of rotatable bonds is 14. The van der Waals surface area contributed by atoms with Crippen molar-refractivity contribution in [2.75, 3.05) is 19.0 Å². The summed E-state index contributed by atoms with van der Waals surface area (Å²) in [5, 5.41) is 5.88. The largest absolute Gasteiger partial charge is 0.497 e. The molecule has 2 N–H and O–H groups in total. The molecule has 45 heavy (non-hydrogen) atoms. The van der Waals surface area contributed by atoms with Gasteiger partial charge in [-0.25, -0.2) is 4.79 Å². The van der Waals surface area contributed by atoms with Crippen molar-refractivity contribution in [3.8, 4) is 5.75 Å². The zero-order valence-electron chi connectivity index (χ0n) is 27.8. The molecule has 0 aliphatic heterocycles. The van der Waals surface area contributed by atoms with E-state index in [1.807, 2.05) is 62.4 Å². The van der Waals surface area contributed by atoms with E-state index < -0.39 is 23.8 Å². The molecule has 0 saturated heterocycles. The monoisotopic (exact) mass is 615 g/mol. The molecule has 3 aromatic rings. The van der Waals surface area contributed by atoms with Crippen LogP contribution in [0.3, 0.4) is 0 Å². The normalized spacial score (nSPS) is 12.5. The number of methoxy groups -OCH3 is 1. The van der Waals surface area contributed by atoms with Gasteiger partial charge in [0.2, 0.25) is 5.91 Å². The predicted octanol–water partition coefficient (Wildman–Crippen LogP) is 7.54. The highest BCUT2D eigenvalue weighted by Crippen LogP contribution is 2.29. The smallest absolute Gasteiger partial charge is 0.408 e. The minimum Gasteiger partial charge on any atom is -0.497 e. The highest BCUT2D eigenvalue weighted by molar-refractivity contribution is 5.99. The molecule has 242 valence electrons. The Morgan fingerprint density at radius 2 is 1.58 bits per heavy atom. The van der Waals surface area contributed by atoms with E-state index in [9.17, 15) is 14.4 Å². The molecule has 3 amide bonds. The van der Waals surface area contributed by atoms with E-state index >= 15 is 0 Å². The molecular formula is C37H49N3O5. The van der Waals surface area contributed by atoms with Crippen molar-refractivity contribution in [2.24, 2.45) is 0 Å². The number of amides is 3. The maximum Gasteiger partial charge on any atom is 0.408 e. The summed E-state index contributed by atoms with van der Waals surface area (Å²) in [6.45, 7) is 11.7. The van der Waals surface area contributed by atoms with Gasteiger partial charge in [0.25, 0.3) is 5.91 Å². The van der Waals surface area contributed by atoms with Gasteiger partial charge in [-0.05, 0) is 82.0 Å². The Labute approximate surface area is 268 Å². The summed E-state index contributed by atoms with van der Waals surface area (Å²) in [6, 6.07) is 20.6. The third kappa shape index (κ3) is 11.0. The van der Waals surface area contributed by atoms with Gasteiger partial charge in [-0.15, -0.1) is 0 Å². The van der Waals surface area contributed by atoms with Gasteiger partial charge < -0.3 is 25.0 Å². The number of carbonyl (C=O) groups is 3. The first-order valence-corrected chi connectivity index (χ1v) is 15.8. The van der Waals surface area contributed by atoms with Crippen molar-refractivity contribution < 1.29 is 23.9 Å². The molecule has 2 unspecified atom stereocenters. The van der Waals surface area contributed by atoms with Crippen LogP contribution in [0.1, 0.15) is 81.7 Å². The summed E-state index contributed by atoms with van der Waals surface area (Å²) in [5.41, 5.74) is 3.32. The van der Waals surface area contributed by atoms with E-state index in [0.717, 1.165) is 41.5 Å².